The van der Waals surface area contributed by atoms with Gasteiger partial charge in [0.2, 0.25) is 15.9 Å². The van der Waals surface area contributed by atoms with Crippen molar-refractivity contribution >= 4 is 39.0 Å². The fraction of sp³-hybridized carbons (Fsp3) is 0.190. The van der Waals surface area contributed by atoms with Crippen LogP contribution in [0.25, 0.3) is 0 Å². The molecule has 1 aliphatic heterocycles. The smallest absolute Gasteiger partial charge is 0.320 e. The summed E-state index contributed by atoms with van der Waals surface area (Å²) in [6, 6.07) is 6.80. The van der Waals surface area contributed by atoms with Crippen LogP contribution < -0.4 is 25.2 Å². The van der Waals surface area contributed by atoms with Gasteiger partial charge in [0.15, 0.2) is 5.02 Å². The molecule has 10 nitrogen and oxygen atoms in total. The first-order valence-electron chi connectivity index (χ1n) is 9.95. The van der Waals surface area contributed by atoms with Crippen LogP contribution in [-0.2, 0) is 23.2 Å². The van der Waals surface area contributed by atoms with Gasteiger partial charge in [-0.05, 0) is 29.8 Å². The van der Waals surface area contributed by atoms with Crippen LogP contribution in [0.1, 0.15) is 11.1 Å². The number of carbonyl (C=O) groups is 1. The minimum absolute atomic E-state index is 0.0279. The van der Waals surface area contributed by atoms with E-state index >= 15 is 0 Å². The Morgan fingerprint density at radius 3 is 2.60 bits per heavy atom. The number of hydrogen-bond acceptors (Lipinski definition) is 6. The molecule has 0 radical (unpaired) electrons. The molecule has 1 aromatic heterocycles. The van der Waals surface area contributed by atoms with Crippen molar-refractivity contribution in [3.05, 3.63) is 80.9 Å². The fourth-order valence-electron chi connectivity index (χ4n) is 3.49. The summed E-state index contributed by atoms with van der Waals surface area (Å²) in [5.41, 5.74) is 5.81. The van der Waals surface area contributed by atoms with Gasteiger partial charge in [0.1, 0.15) is 31.2 Å². The second kappa shape index (κ2) is 9.15. The maximum atomic E-state index is 13.8. The van der Waals surface area contributed by atoms with Crippen LogP contribution in [0.3, 0.4) is 0 Å². The summed E-state index contributed by atoms with van der Waals surface area (Å²) < 4.78 is 58.7. The fourth-order valence-corrected chi connectivity index (χ4v) is 4.53. The molecule has 0 fully saturated rings. The van der Waals surface area contributed by atoms with Crippen LogP contribution in [0.15, 0.2) is 47.5 Å². The number of ether oxygens (including phenoxy) is 1. The van der Waals surface area contributed by atoms with Crippen LogP contribution in [0.4, 0.5) is 25.0 Å². The van der Waals surface area contributed by atoms with E-state index in [4.69, 9.17) is 22.1 Å². The minimum Gasteiger partial charge on any atom is -0.471 e. The van der Waals surface area contributed by atoms with Gasteiger partial charge < -0.3 is 10.5 Å². The number of sulfonamides is 1. The highest BCUT2D eigenvalue weighted by Crippen LogP contribution is 2.38. The monoisotopic (exact) mass is 525 g/mol. The molecular formula is C21H18ClF2N5O5S. The van der Waals surface area contributed by atoms with Crippen molar-refractivity contribution in [3.8, 4) is 5.88 Å². The minimum atomic E-state index is -3.71. The molecule has 0 atom stereocenters. The average Bonchev–Trinajstić information content (AvgIpc) is 3.17. The highest BCUT2D eigenvalue weighted by Gasteiger charge is 2.34. The van der Waals surface area contributed by atoms with Crippen LogP contribution in [0, 0.1) is 11.6 Å². The molecule has 0 bridgehead atoms. The van der Waals surface area contributed by atoms with E-state index in [2.05, 4.69) is 4.98 Å². The lowest BCUT2D eigenvalue weighted by Crippen LogP contribution is -2.40. The van der Waals surface area contributed by atoms with Gasteiger partial charge >= 0.3 is 6.03 Å². The Morgan fingerprint density at radius 1 is 1.20 bits per heavy atom. The van der Waals surface area contributed by atoms with Gasteiger partial charge in [-0.2, -0.15) is 0 Å². The zero-order valence-corrected chi connectivity index (χ0v) is 19.7. The third kappa shape index (κ3) is 4.91. The second-order valence-electron chi connectivity index (χ2n) is 7.66. The van der Waals surface area contributed by atoms with E-state index in [-0.39, 0.29) is 42.0 Å². The van der Waals surface area contributed by atoms with E-state index < -0.39 is 33.2 Å². The Balaban J connectivity index is 1.58. The molecule has 2 N–H and O–H groups in total. The van der Waals surface area contributed by atoms with Crippen LogP contribution in [0.2, 0.25) is 5.02 Å². The number of fused-ring (bicyclic) bond motifs is 1. The molecule has 2 heterocycles. The van der Waals surface area contributed by atoms with Gasteiger partial charge in [-0.3, -0.25) is 14.3 Å². The summed E-state index contributed by atoms with van der Waals surface area (Å²) in [6.07, 6.45) is 2.17. The van der Waals surface area contributed by atoms with Crippen LogP contribution in [0.5, 0.6) is 5.88 Å². The molecule has 0 saturated carbocycles. The van der Waals surface area contributed by atoms with Crippen LogP contribution >= 0.6 is 11.6 Å². The van der Waals surface area contributed by atoms with Crippen molar-refractivity contribution in [2.75, 3.05) is 22.1 Å². The number of aromatic nitrogens is 2. The molecule has 1 aliphatic rings. The van der Waals surface area contributed by atoms with Gasteiger partial charge in [0.05, 0.1) is 24.2 Å². The third-order valence-electron chi connectivity index (χ3n) is 5.22. The molecule has 14 heteroatoms. The van der Waals surface area contributed by atoms with Crippen molar-refractivity contribution in [2.45, 2.75) is 13.2 Å². The highest BCUT2D eigenvalue weighted by molar-refractivity contribution is 7.92. The lowest BCUT2D eigenvalue weighted by atomic mass is 10.1. The van der Waals surface area contributed by atoms with E-state index in [1.807, 2.05) is 0 Å². The van der Waals surface area contributed by atoms with E-state index in [1.165, 1.54) is 29.1 Å². The predicted molar refractivity (Wildman–Crippen MR) is 124 cm³/mol. The number of carbonyl (C=O) groups excluding carboxylic acids is 1. The molecular weight excluding hydrogens is 508 g/mol. The van der Waals surface area contributed by atoms with Crippen molar-refractivity contribution in [2.24, 2.45) is 5.73 Å². The predicted octanol–water partition coefficient (Wildman–Crippen LogP) is 2.42. The molecule has 0 aliphatic carbocycles. The Bertz CT molecular complexity index is 1500. The molecule has 184 valence electrons. The van der Waals surface area contributed by atoms with E-state index in [9.17, 15) is 26.8 Å². The molecule has 0 unspecified atom stereocenters. The Morgan fingerprint density at radius 2 is 1.94 bits per heavy atom. The van der Waals surface area contributed by atoms with Gasteiger partial charge in [0.25, 0.3) is 5.56 Å². The number of benzene rings is 2. The number of nitrogens with zero attached hydrogens (tertiary/aromatic N) is 4. The lowest BCUT2D eigenvalue weighted by Gasteiger charge is -2.17. The Hall–Kier alpha value is -3.71. The van der Waals surface area contributed by atoms with Gasteiger partial charge in [-0.15, -0.1) is 0 Å². The first-order chi connectivity index (χ1) is 16.5. The number of urea groups is 1. The summed E-state index contributed by atoms with van der Waals surface area (Å²) in [7, 11) is -3.71. The summed E-state index contributed by atoms with van der Waals surface area (Å²) in [5.74, 6) is -1.78. The second-order valence-corrected chi connectivity index (χ2v) is 9.95. The summed E-state index contributed by atoms with van der Waals surface area (Å²) in [6.45, 7) is -0.619. The first-order valence-corrected chi connectivity index (χ1v) is 12.2. The van der Waals surface area contributed by atoms with Gasteiger partial charge in [-0.1, -0.05) is 17.7 Å². The van der Waals surface area contributed by atoms with Crippen molar-refractivity contribution in [1.82, 2.24) is 9.55 Å². The van der Waals surface area contributed by atoms with Crippen LogP contribution in [-0.4, -0.2) is 36.9 Å². The summed E-state index contributed by atoms with van der Waals surface area (Å²) >= 11 is 6.11. The molecule has 0 spiro atoms. The maximum absolute atomic E-state index is 13.8. The van der Waals surface area contributed by atoms with E-state index in [0.717, 1.165) is 21.5 Å². The molecule has 2 amide bonds. The topological polar surface area (TPSA) is 128 Å². The molecule has 0 saturated heterocycles. The zero-order valence-electron chi connectivity index (χ0n) is 18.1. The first kappa shape index (κ1) is 24.4. The number of hydrogen-bond donors (Lipinski definition) is 1. The van der Waals surface area contributed by atoms with Crippen molar-refractivity contribution in [1.29, 1.82) is 0 Å². The van der Waals surface area contributed by atoms with Crippen molar-refractivity contribution < 1.29 is 26.7 Å². The van der Waals surface area contributed by atoms with Gasteiger partial charge in [-0.25, -0.2) is 31.3 Å². The lowest BCUT2D eigenvalue weighted by molar-refractivity contribution is 0.254. The number of anilines is 2. The number of nitrogens with two attached hydrogens (primary N) is 1. The van der Waals surface area contributed by atoms with E-state index in [1.54, 1.807) is 6.07 Å². The van der Waals surface area contributed by atoms with Gasteiger partial charge in [0, 0.05) is 11.6 Å². The molecule has 4 rings (SSSR count). The Kier molecular flexibility index (Phi) is 6.38. The van der Waals surface area contributed by atoms with E-state index in [0.29, 0.717) is 17.3 Å². The summed E-state index contributed by atoms with van der Waals surface area (Å²) in [5, 5.41) is -0.353. The molecule has 3 aromatic rings. The third-order valence-corrected chi connectivity index (χ3v) is 6.65. The Labute approximate surface area is 203 Å². The largest absolute Gasteiger partial charge is 0.471 e. The summed E-state index contributed by atoms with van der Waals surface area (Å²) in [4.78, 5) is 29.5. The zero-order chi connectivity index (χ0) is 25.5. The number of rotatable bonds is 6. The quantitative estimate of drug-likeness (QED) is 0.526. The molecule has 2 aromatic carbocycles. The SMILES string of the molecule is CS(=O)(=O)N1CN(C(N)=O)c2ccc(Cn3cnc(OCc4ccc(F)cc4F)c(Cl)c3=O)cc21. The highest BCUT2D eigenvalue weighted by atomic mass is 35.5. The van der Waals surface area contributed by atoms with Crippen molar-refractivity contribution in [3.63, 3.8) is 0 Å². The average molecular weight is 526 g/mol. The maximum Gasteiger partial charge on any atom is 0.320 e. The number of primary amides is 1. The normalized spacial score (nSPS) is 13.1. The standard InChI is InChI=1S/C21H18ClF2N5O5S/c1-35(32,33)29-11-28(21(25)31)16-5-2-12(6-17(16)29)8-27-10-26-19(18(22)20(27)30)34-9-13-3-4-14(23)7-15(13)24/h2-7,10H,8-9,11H2,1H3,(H2,25,31). The number of halogens is 3. The number of amides is 2. The molecule has 35 heavy (non-hydrogen) atoms.